The number of hydrogen-bond acceptors (Lipinski definition) is 6. The van der Waals surface area contributed by atoms with Crippen LogP contribution in [0.4, 0.5) is 10.1 Å². The Hall–Kier alpha value is -4.12. The fraction of sp³-hybridized carbons (Fsp3) is 0.286. The first-order valence-corrected chi connectivity index (χ1v) is 13.7. The number of hydrogen-bond donors (Lipinski definition) is 1. The second-order valence-electron chi connectivity index (χ2n) is 8.55. The molecule has 0 bridgehead atoms. The third-order valence-electron chi connectivity index (χ3n) is 6.04. The van der Waals surface area contributed by atoms with Crippen molar-refractivity contribution < 1.29 is 31.9 Å². The zero-order valence-electron chi connectivity index (χ0n) is 22.3. The van der Waals surface area contributed by atoms with Gasteiger partial charge in [-0.15, -0.1) is 0 Å². The van der Waals surface area contributed by atoms with Crippen LogP contribution in [-0.4, -0.2) is 58.5 Å². The number of likely N-dealkylation sites (N-methyl/N-ethyl adjacent to an activating group) is 1. The summed E-state index contributed by atoms with van der Waals surface area (Å²) in [5, 5.41) is 2.53. The van der Waals surface area contributed by atoms with E-state index in [-0.39, 0.29) is 17.1 Å². The second-order valence-corrected chi connectivity index (χ2v) is 10.4. The first-order valence-electron chi connectivity index (χ1n) is 12.3. The van der Waals surface area contributed by atoms with E-state index in [0.29, 0.717) is 23.7 Å². The van der Waals surface area contributed by atoms with Gasteiger partial charge in [-0.1, -0.05) is 12.1 Å². The lowest BCUT2D eigenvalue weighted by Crippen LogP contribution is -2.50. The molecule has 0 heterocycles. The number of sulfonamides is 1. The highest BCUT2D eigenvalue weighted by molar-refractivity contribution is 7.92. The van der Waals surface area contributed by atoms with Crippen molar-refractivity contribution in [3.8, 4) is 11.5 Å². The molecule has 0 saturated heterocycles. The molecule has 0 aromatic heterocycles. The minimum Gasteiger partial charge on any atom is -0.497 e. The topological polar surface area (TPSA) is 105 Å². The van der Waals surface area contributed by atoms with E-state index in [1.54, 1.807) is 43.3 Å². The average Bonchev–Trinajstić information content (AvgIpc) is 2.94. The van der Waals surface area contributed by atoms with Gasteiger partial charge >= 0.3 is 0 Å². The molecule has 208 valence electrons. The summed E-state index contributed by atoms with van der Waals surface area (Å²) >= 11 is 0. The van der Waals surface area contributed by atoms with Crippen LogP contribution < -0.4 is 19.1 Å². The van der Waals surface area contributed by atoms with Crippen molar-refractivity contribution in [1.82, 2.24) is 10.2 Å². The highest BCUT2D eigenvalue weighted by Gasteiger charge is 2.32. The molecular formula is C28H32FN3O6S. The number of methoxy groups -OCH3 is 1. The van der Waals surface area contributed by atoms with Crippen molar-refractivity contribution in [2.45, 2.75) is 31.3 Å². The highest BCUT2D eigenvalue weighted by atomic mass is 32.2. The normalized spacial score (nSPS) is 11.8. The molecule has 0 fully saturated rings. The number of carbonyl (C=O) groups excluding carboxylic acids is 2. The molecule has 11 heteroatoms. The molecule has 9 nitrogen and oxygen atoms in total. The zero-order valence-corrected chi connectivity index (χ0v) is 23.1. The Morgan fingerprint density at radius 2 is 1.54 bits per heavy atom. The van der Waals surface area contributed by atoms with E-state index < -0.39 is 40.2 Å². The van der Waals surface area contributed by atoms with Gasteiger partial charge in [0.25, 0.3) is 10.0 Å². The maximum absolute atomic E-state index is 13.7. The fourth-order valence-electron chi connectivity index (χ4n) is 3.86. The van der Waals surface area contributed by atoms with Crippen LogP contribution in [0.2, 0.25) is 0 Å². The van der Waals surface area contributed by atoms with Crippen LogP contribution in [0, 0.1) is 5.82 Å². The minimum atomic E-state index is -4.30. The molecule has 1 atom stereocenters. The van der Waals surface area contributed by atoms with Gasteiger partial charge in [-0.3, -0.25) is 13.9 Å². The smallest absolute Gasteiger partial charge is 0.264 e. The molecule has 0 unspecified atom stereocenters. The average molecular weight is 558 g/mol. The van der Waals surface area contributed by atoms with Crippen molar-refractivity contribution in [3.63, 3.8) is 0 Å². The van der Waals surface area contributed by atoms with E-state index in [9.17, 15) is 22.4 Å². The lowest BCUT2D eigenvalue weighted by atomic mass is 10.1. The van der Waals surface area contributed by atoms with E-state index in [1.165, 1.54) is 31.2 Å². The molecular weight excluding hydrogens is 525 g/mol. The van der Waals surface area contributed by atoms with E-state index in [0.717, 1.165) is 28.6 Å². The zero-order chi connectivity index (χ0) is 28.6. The highest BCUT2D eigenvalue weighted by Crippen LogP contribution is 2.27. The second kappa shape index (κ2) is 13.1. The number of anilines is 1. The number of amides is 2. The third-order valence-corrected chi connectivity index (χ3v) is 7.83. The molecule has 3 aromatic carbocycles. The summed E-state index contributed by atoms with van der Waals surface area (Å²) in [6.07, 6.45) is 0. The Morgan fingerprint density at radius 3 is 2.08 bits per heavy atom. The van der Waals surface area contributed by atoms with Crippen LogP contribution in [0.15, 0.2) is 77.7 Å². The quantitative estimate of drug-likeness (QED) is 0.365. The van der Waals surface area contributed by atoms with Gasteiger partial charge in [-0.05, 0) is 80.1 Å². The van der Waals surface area contributed by atoms with Crippen LogP contribution in [0.3, 0.4) is 0 Å². The van der Waals surface area contributed by atoms with Crippen LogP contribution in [-0.2, 0) is 26.2 Å². The summed E-state index contributed by atoms with van der Waals surface area (Å²) in [7, 11) is -1.30. The lowest BCUT2D eigenvalue weighted by molar-refractivity contribution is -0.139. The van der Waals surface area contributed by atoms with Gasteiger partial charge in [0, 0.05) is 13.6 Å². The Bertz CT molecular complexity index is 1360. The first kappa shape index (κ1) is 29.4. The Morgan fingerprint density at radius 1 is 0.949 bits per heavy atom. The summed E-state index contributed by atoms with van der Waals surface area (Å²) in [5.74, 6) is -0.459. The van der Waals surface area contributed by atoms with Gasteiger partial charge in [0.1, 0.15) is 29.9 Å². The van der Waals surface area contributed by atoms with Gasteiger partial charge in [0.2, 0.25) is 11.8 Å². The number of nitrogens with zero attached hydrogens (tertiary/aromatic N) is 2. The molecule has 39 heavy (non-hydrogen) atoms. The van der Waals surface area contributed by atoms with Gasteiger partial charge in [-0.25, -0.2) is 12.8 Å². The van der Waals surface area contributed by atoms with Crippen molar-refractivity contribution in [1.29, 1.82) is 0 Å². The van der Waals surface area contributed by atoms with E-state index in [2.05, 4.69) is 5.32 Å². The molecule has 0 radical (unpaired) electrons. The monoisotopic (exact) mass is 557 g/mol. The Balaban J connectivity index is 2.01. The molecule has 3 aromatic rings. The van der Waals surface area contributed by atoms with Crippen LogP contribution >= 0.6 is 0 Å². The summed E-state index contributed by atoms with van der Waals surface area (Å²) in [5.41, 5.74) is 0.919. The molecule has 1 N–H and O–H groups in total. The number of carbonyl (C=O) groups is 2. The number of rotatable bonds is 12. The lowest BCUT2D eigenvalue weighted by Gasteiger charge is -2.31. The SMILES string of the molecule is CCOc1ccc(N(CC(=O)N(Cc2ccc(OC)cc2)[C@@H](C)C(=O)NC)S(=O)(=O)c2ccc(F)cc2)cc1. The number of halogens is 1. The molecule has 2 amide bonds. The first-order chi connectivity index (χ1) is 18.6. The summed E-state index contributed by atoms with van der Waals surface area (Å²) < 4.78 is 52.6. The summed E-state index contributed by atoms with van der Waals surface area (Å²) in [6, 6.07) is 16.7. The van der Waals surface area contributed by atoms with Crippen molar-refractivity contribution in [3.05, 3.63) is 84.2 Å². The van der Waals surface area contributed by atoms with E-state index in [4.69, 9.17) is 9.47 Å². The maximum Gasteiger partial charge on any atom is 0.264 e. The Labute approximate surface area is 228 Å². The van der Waals surface area contributed by atoms with Crippen molar-refractivity contribution in [2.75, 3.05) is 31.6 Å². The molecule has 0 aliphatic heterocycles. The van der Waals surface area contributed by atoms with Gasteiger partial charge in [0.15, 0.2) is 0 Å². The van der Waals surface area contributed by atoms with Gasteiger partial charge in [-0.2, -0.15) is 0 Å². The molecule has 0 aliphatic rings. The predicted octanol–water partition coefficient (Wildman–Crippen LogP) is 3.59. The van der Waals surface area contributed by atoms with E-state index >= 15 is 0 Å². The Kier molecular flexibility index (Phi) is 9.89. The third kappa shape index (κ3) is 7.26. The van der Waals surface area contributed by atoms with E-state index in [1.807, 2.05) is 6.92 Å². The molecule has 3 rings (SSSR count). The predicted molar refractivity (Wildman–Crippen MR) is 146 cm³/mol. The maximum atomic E-state index is 13.7. The molecule has 0 saturated carbocycles. The van der Waals surface area contributed by atoms with Crippen LogP contribution in [0.1, 0.15) is 19.4 Å². The number of benzene rings is 3. The van der Waals surface area contributed by atoms with Crippen LogP contribution in [0.5, 0.6) is 11.5 Å². The summed E-state index contributed by atoms with van der Waals surface area (Å²) in [6.45, 7) is 3.25. The standard InChI is InChI=1S/C28H32FN3O6S/c1-5-38-25-14-10-23(11-15-25)32(39(35,36)26-16-8-22(29)9-17-26)19-27(33)31(20(2)28(34)30-3)18-21-6-12-24(37-4)13-7-21/h6-17,20H,5,18-19H2,1-4H3,(H,30,34)/t20-/m0/s1. The van der Waals surface area contributed by atoms with Gasteiger partial charge < -0.3 is 19.7 Å². The molecule has 0 spiro atoms. The van der Waals surface area contributed by atoms with Crippen LogP contribution in [0.25, 0.3) is 0 Å². The molecule has 0 aliphatic carbocycles. The fourth-order valence-corrected chi connectivity index (χ4v) is 5.27. The minimum absolute atomic E-state index is 0.0468. The summed E-state index contributed by atoms with van der Waals surface area (Å²) in [4.78, 5) is 27.4. The van der Waals surface area contributed by atoms with Gasteiger partial charge in [0.05, 0.1) is 24.3 Å². The van der Waals surface area contributed by atoms with Crippen molar-refractivity contribution >= 4 is 27.5 Å². The largest absolute Gasteiger partial charge is 0.497 e. The number of ether oxygens (including phenoxy) is 2. The van der Waals surface area contributed by atoms with Crippen molar-refractivity contribution in [2.24, 2.45) is 0 Å². The number of nitrogens with one attached hydrogen (secondary N) is 1.